The molecule has 0 amide bonds. The number of nitrogens with two attached hydrogens (primary N) is 1. The molecular formula is C18H21ClN4O. The van der Waals surface area contributed by atoms with Crippen LogP contribution < -0.4 is 22.6 Å². The van der Waals surface area contributed by atoms with Crippen molar-refractivity contribution in [2.24, 2.45) is 0 Å². The highest BCUT2D eigenvalue weighted by Gasteiger charge is 2.29. The number of rotatable bonds is 2. The van der Waals surface area contributed by atoms with Gasteiger partial charge in [-0.25, -0.2) is 9.97 Å². The molecule has 126 valence electrons. The Morgan fingerprint density at radius 2 is 1.83 bits per heavy atom. The first kappa shape index (κ1) is 16.9. The van der Waals surface area contributed by atoms with Crippen LogP contribution in [0.4, 0.5) is 11.5 Å². The van der Waals surface area contributed by atoms with E-state index in [-0.39, 0.29) is 18.5 Å². The fourth-order valence-corrected chi connectivity index (χ4v) is 3.30. The quantitative estimate of drug-likeness (QED) is 0.693. The van der Waals surface area contributed by atoms with Crippen LogP contribution in [-0.2, 0) is 0 Å². The molecule has 1 fully saturated rings. The van der Waals surface area contributed by atoms with Crippen LogP contribution >= 0.6 is 0 Å². The largest absolute Gasteiger partial charge is 1.00 e. The molecule has 3 heterocycles. The number of aliphatic hydroxyl groups is 1. The summed E-state index contributed by atoms with van der Waals surface area (Å²) < 4.78 is 0. The van der Waals surface area contributed by atoms with E-state index in [0.717, 1.165) is 49.0 Å². The van der Waals surface area contributed by atoms with E-state index in [2.05, 4.69) is 45.5 Å². The number of nitrogens with zero attached hydrogens (tertiary/aromatic N) is 3. The summed E-state index contributed by atoms with van der Waals surface area (Å²) in [6.45, 7) is 3.63. The number of hydrogen-bond donors (Lipinski definition) is 2. The highest BCUT2D eigenvalue weighted by Crippen LogP contribution is 2.31. The number of quaternary nitrogens is 1. The Bertz CT molecular complexity index is 755. The smallest absolute Gasteiger partial charge is 0.203 e. The zero-order valence-corrected chi connectivity index (χ0v) is 14.4. The zero-order valence-electron chi connectivity index (χ0n) is 13.6. The lowest BCUT2D eigenvalue weighted by atomic mass is 10.1. The maximum absolute atomic E-state index is 9.74. The molecule has 4 rings (SSSR count). The summed E-state index contributed by atoms with van der Waals surface area (Å²) in [4.78, 5) is 11.6. The first-order valence-corrected chi connectivity index (χ1v) is 8.14. The van der Waals surface area contributed by atoms with Crippen LogP contribution in [0.3, 0.4) is 0 Å². The van der Waals surface area contributed by atoms with Gasteiger partial charge in [0.1, 0.15) is 17.2 Å². The molecule has 1 aromatic carbocycles. The second-order valence-electron chi connectivity index (χ2n) is 6.22. The predicted octanol–water partition coefficient (Wildman–Crippen LogP) is -1.54. The molecule has 0 atom stereocenters. The predicted molar refractivity (Wildman–Crippen MR) is 90.1 cm³/mol. The number of anilines is 1. The number of hydrogen-bond acceptors (Lipinski definition) is 4. The Morgan fingerprint density at radius 1 is 1.12 bits per heavy atom. The van der Waals surface area contributed by atoms with Gasteiger partial charge in [0.05, 0.1) is 6.10 Å². The molecule has 0 aliphatic carbocycles. The molecule has 0 saturated carbocycles. The molecule has 2 aliphatic heterocycles. The molecule has 5 nitrogen and oxygen atoms in total. The van der Waals surface area contributed by atoms with Crippen molar-refractivity contribution in [3.63, 3.8) is 0 Å². The first-order valence-electron chi connectivity index (χ1n) is 8.14. The summed E-state index contributed by atoms with van der Waals surface area (Å²) in [5.41, 5.74) is 4.48. The Balaban J connectivity index is 0.00000169. The maximum atomic E-state index is 9.74. The third kappa shape index (κ3) is 3.15. The van der Waals surface area contributed by atoms with Crippen molar-refractivity contribution in [1.29, 1.82) is 0 Å². The molecule has 2 aromatic rings. The monoisotopic (exact) mass is 344 g/mol. The van der Waals surface area contributed by atoms with Gasteiger partial charge < -0.3 is 22.4 Å². The van der Waals surface area contributed by atoms with Gasteiger partial charge in [0.25, 0.3) is 0 Å². The number of halogens is 1. The average molecular weight is 345 g/mol. The highest BCUT2D eigenvalue weighted by molar-refractivity contribution is 5.86. The zero-order chi connectivity index (χ0) is 15.8. The summed E-state index contributed by atoms with van der Waals surface area (Å²) in [5.74, 6) is 1.80. The molecule has 3 N–H and O–H groups in total. The minimum atomic E-state index is -0.177. The molecule has 1 aromatic heterocycles. The van der Waals surface area contributed by atoms with Crippen LogP contribution in [0.15, 0.2) is 30.3 Å². The van der Waals surface area contributed by atoms with Crippen molar-refractivity contribution < 1.29 is 22.8 Å². The van der Waals surface area contributed by atoms with E-state index in [4.69, 9.17) is 4.98 Å². The highest BCUT2D eigenvalue weighted by atomic mass is 35.5. The molecule has 0 spiro atoms. The SMILES string of the molecule is Cc1nc2c(c(N3CCC(O)CC3)n1)[NH2+]C(c1ccccc1)=C2.[Cl-]. The van der Waals surface area contributed by atoms with E-state index < -0.39 is 0 Å². The average Bonchev–Trinajstić information content (AvgIpc) is 2.99. The molecule has 0 bridgehead atoms. The molecule has 6 heteroatoms. The van der Waals surface area contributed by atoms with Crippen molar-refractivity contribution >= 4 is 23.3 Å². The number of piperidine rings is 1. The lowest BCUT2D eigenvalue weighted by molar-refractivity contribution is -0.464. The summed E-state index contributed by atoms with van der Waals surface area (Å²) in [7, 11) is 0. The van der Waals surface area contributed by atoms with Crippen molar-refractivity contribution in [3.8, 4) is 0 Å². The van der Waals surface area contributed by atoms with E-state index in [0.29, 0.717) is 0 Å². The molecule has 1 saturated heterocycles. The molecule has 0 unspecified atom stereocenters. The summed E-state index contributed by atoms with van der Waals surface area (Å²) >= 11 is 0. The van der Waals surface area contributed by atoms with Gasteiger partial charge in [-0.1, -0.05) is 18.2 Å². The van der Waals surface area contributed by atoms with Crippen LogP contribution in [0, 0.1) is 6.92 Å². The summed E-state index contributed by atoms with van der Waals surface area (Å²) in [6, 6.07) is 10.4. The van der Waals surface area contributed by atoms with E-state index in [9.17, 15) is 5.11 Å². The number of aliphatic hydroxyl groups excluding tert-OH is 1. The molecule has 0 radical (unpaired) electrons. The van der Waals surface area contributed by atoms with Crippen LogP contribution in [-0.4, -0.2) is 34.3 Å². The van der Waals surface area contributed by atoms with E-state index >= 15 is 0 Å². The van der Waals surface area contributed by atoms with Crippen LogP contribution in [0.5, 0.6) is 0 Å². The van der Waals surface area contributed by atoms with Gasteiger partial charge in [-0.2, -0.15) is 0 Å². The van der Waals surface area contributed by atoms with Crippen molar-refractivity contribution in [3.05, 3.63) is 47.4 Å². The van der Waals surface area contributed by atoms with Gasteiger partial charge in [0, 0.05) is 24.7 Å². The van der Waals surface area contributed by atoms with Gasteiger partial charge in [0.15, 0.2) is 5.82 Å². The standard InChI is InChI=1S/C18H20N4O.ClH/c1-12-19-16-11-15(13-5-3-2-4-6-13)21-17(16)18(20-12)22-9-7-14(23)8-10-22;/h2-6,11,14,21,23H,7-10H2,1H3;1H. The van der Waals surface area contributed by atoms with Gasteiger partial charge in [0.2, 0.25) is 5.69 Å². The second kappa shape index (κ2) is 6.89. The summed E-state index contributed by atoms with van der Waals surface area (Å²) in [6.07, 6.45) is 3.57. The van der Waals surface area contributed by atoms with Crippen molar-refractivity contribution in [2.45, 2.75) is 25.9 Å². The molecular weight excluding hydrogens is 324 g/mol. The lowest BCUT2D eigenvalue weighted by Gasteiger charge is -2.30. The van der Waals surface area contributed by atoms with Crippen LogP contribution in [0.25, 0.3) is 11.8 Å². The van der Waals surface area contributed by atoms with Gasteiger partial charge in [-0.15, -0.1) is 0 Å². The van der Waals surface area contributed by atoms with Crippen molar-refractivity contribution in [2.75, 3.05) is 18.0 Å². The normalized spacial score (nSPS) is 17.2. The Kier molecular flexibility index (Phi) is 4.85. The lowest BCUT2D eigenvalue weighted by Crippen LogP contribution is -3.00. The number of benzene rings is 1. The van der Waals surface area contributed by atoms with E-state index in [1.165, 1.54) is 11.3 Å². The fraction of sp³-hybridized carbons (Fsp3) is 0.333. The number of aromatic nitrogens is 2. The van der Waals surface area contributed by atoms with Crippen molar-refractivity contribution in [1.82, 2.24) is 9.97 Å². The number of fused-ring (bicyclic) bond motifs is 1. The van der Waals surface area contributed by atoms with Crippen LogP contribution in [0.2, 0.25) is 0 Å². The second-order valence-corrected chi connectivity index (χ2v) is 6.22. The Labute approximate surface area is 147 Å². The number of aryl methyl sites for hydroxylation is 1. The van der Waals surface area contributed by atoms with E-state index in [1.807, 2.05) is 13.0 Å². The maximum Gasteiger partial charge on any atom is 0.203 e. The van der Waals surface area contributed by atoms with Crippen LogP contribution in [0.1, 0.15) is 29.9 Å². The Hall–Kier alpha value is -1.95. The van der Waals surface area contributed by atoms with Gasteiger partial charge in [-0.3, -0.25) is 5.32 Å². The Morgan fingerprint density at radius 3 is 2.54 bits per heavy atom. The van der Waals surface area contributed by atoms with E-state index in [1.54, 1.807) is 0 Å². The third-order valence-corrected chi connectivity index (χ3v) is 4.53. The minimum absolute atomic E-state index is 0. The third-order valence-electron chi connectivity index (χ3n) is 4.53. The minimum Gasteiger partial charge on any atom is -1.00 e. The molecule has 2 aliphatic rings. The molecule has 24 heavy (non-hydrogen) atoms. The fourth-order valence-electron chi connectivity index (χ4n) is 3.30. The van der Waals surface area contributed by atoms with Gasteiger partial charge in [-0.05, 0) is 31.9 Å². The summed E-state index contributed by atoms with van der Waals surface area (Å²) in [5, 5.41) is 11.9. The first-order chi connectivity index (χ1) is 11.2. The van der Waals surface area contributed by atoms with Gasteiger partial charge >= 0.3 is 0 Å². The topological polar surface area (TPSA) is 65.9 Å².